The summed E-state index contributed by atoms with van der Waals surface area (Å²) < 4.78 is 5.75. The SMILES string of the molecule is Cc1cc(CCN)cnc1N1C[C@@H](C)O[C@@H](C)C1. The fourth-order valence-corrected chi connectivity index (χ4v) is 2.61. The van der Waals surface area contributed by atoms with Crippen LogP contribution >= 0.6 is 0 Å². The molecule has 1 fully saturated rings. The topological polar surface area (TPSA) is 51.4 Å². The van der Waals surface area contributed by atoms with Crippen molar-refractivity contribution in [3.63, 3.8) is 0 Å². The summed E-state index contributed by atoms with van der Waals surface area (Å²) >= 11 is 0. The number of pyridine rings is 1. The Hall–Kier alpha value is -1.13. The number of nitrogens with zero attached hydrogens (tertiary/aromatic N) is 2. The van der Waals surface area contributed by atoms with E-state index in [1.165, 1.54) is 11.1 Å². The van der Waals surface area contributed by atoms with Gasteiger partial charge in [0.15, 0.2) is 0 Å². The Balaban J connectivity index is 2.17. The van der Waals surface area contributed by atoms with E-state index < -0.39 is 0 Å². The third kappa shape index (κ3) is 3.00. The van der Waals surface area contributed by atoms with Crippen LogP contribution in [0.3, 0.4) is 0 Å². The smallest absolute Gasteiger partial charge is 0.131 e. The summed E-state index contributed by atoms with van der Waals surface area (Å²) in [5.74, 6) is 1.08. The third-order valence-electron chi connectivity index (χ3n) is 3.26. The van der Waals surface area contributed by atoms with Crippen LogP contribution in [0.25, 0.3) is 0 Å². The van der Waals surface area contributed by atoms with E-state index in [2.05, 4.69) is 36.7 Å². The molecule has 1 aromatic rings. The van der Waals surface area contributed by atoms with Gasteiger partial charge in [0.1, 0.15) is 5.82 Å². The molecule has 100 valence electrons. The molecule has 0 aliphatic carbocycles. The largest absolute Gasteiger partial charge is 0.372 e. The number of aromatic nitrogens is 1. The van der Waals surface area contributed by atoms with Gasteiger partial charge in [-0.05, 0) is 44.9 Å². The minimum Gasteiger partial charge on any atom is -0.372 e. The van der Waals surface area contributed by atoms with Gasteiger partial charge in [-0.25, -0.2) is 4.98 Å². The molecule has 0 radical (unpaired) electrons. The van der Waals surface area contributed by atoms with Crippen LogP contribution in [-0.2, 0) is 11.2 Å². The van der Waals surface area contributed by atoms with Gasteiger partial charge in [-0.15, -0.1) is 0 Å². The summed E-state index contributed by atoms with van der Waals surface area (Å²) in [6.45, 7) is 8.84. The standard InChI is InChI=1S/C14H23N3O/c1-10-6-13(4-5-15)7-16-14(10)17-8-11(2)18-12(3)9-17/h6-7,11-12H,4-5,8-9,15H2,1-3H3/t11-,12+. The van der Waals surface area contributed by atoms with Gasteiger partial charge in [0.2, 0.25) is 0 Å². The molecule has 0 unspecified atom stereocenters. The van der Waals surface area contributed by atoms with Crippen molar-refractivity contribution in [3.05, 3.63) is 23.4 Å². The lowest BCUT2D eigenvalue weighted by Gasteiger charge is -2.36. The second-order valence-corrected chi connectivity index (χ2v) is 5.19. The Morgan fingerprint density at radius 2 is 2.06 bits per heavy atom. The van der Waals surface area contributed by atoms with Gasteiger partial charge in [0.25, 0.3) is 0 Å². The van der Waals surface area contributed by atoms with Gasteiger partial charge in [0, 0.05) is 19.3 Å². The molecular formula is C14H23N3O. The maximum absolute atomic E-state index is 5.75. The van der Waals surface area contributed by atoms with E-state index in [1.807, 2.05) is 6.20 Å². The Bertz CT molecular complexity index is 398. The highest BCUT2D eigenvalue weighted by Crippen LogP contribution is 2.22. The average Bonchev–Trinajstić information content (AvgIpc) is 2.28. The minimum absolute atomic E-state index is 0.263. The van der Waals surface area contributed by atoms with Crippen molar-refractivity contribution < 1.29 is 4.74 Å². The van der Waals surface area contributed by atoms with E-state index in [4.69, 9.17) is 10.5 Å². The molecule has 2 rings (SSSR count). The third-order valence-corrected chi connectivity index (χ3v) is 3.26. The highest BCUT2D eigenvalue weighted by molar-refractivity contribution is 5.48. The average molecular weight is 249 g/mol. The zero-order valence-corrected chi connectivity index (χ0v) is 11.5. The van der Waals surface area contributed by atoms with E-state index in [9.17, 15) is 0 Å². The molecule has 0 saturated carbocycles. The second-order valence-electron chi connectivity index (χ2n) is 5.19. The van der Waals surface area contributed by atoms with Crippen LogP contribution in [0, 0.1) is 6.92 Å². The van der Waals surface area contributed by atoms with Crippen molar-refractivity contribution in [2.24, 2.45) is 5.73 Å². The molecule has 1 aromatic heterocycles. The minimum atomic E-state index is 0.263. The van der Waals surface area contributed by atoms with Gasteiger partial charge < -0.3 is 15.4 Å². The maximum atomic E-state index is 5.75. The van der Waals surface area contributed by atoms with Crippen molar-refractivity contribution in [2.45, 2.75) is 39.4 Å². The molecule has 18 heavy (non-hydrogen) atoms. The Labute approximate surface area is 109 Å². The maximum Gasteiger partial charge on any atom is 0.131 e. The lowest BCUT2D eigenvalue weighted by Crippen LogP contribution is -2.46. The van der Waals surface area contributed by atoms with E-state index in [0.717, 1.165) is 25.3 Å². The summed E-state index contributed by atoms with van der Waals surface area (Å²) in [5.41, 5.74) is 8.01. The van der Waals surface area contributed by atoms with Crippen LogP contribution in [0.1, 0.15) is 25.0 Å². The predicted molar refractivity (Wildman–Crippen MR) is 74.0 cm³/mol. The number of anilines is 1. The Morgan fingerprint density at radius 1 is 1.39 bits per heavy atom. The Morgan fingerprint density at radius 3 is 2.61 bits per heavy atom. The van der Waals surface area contributed by atoms with Crippen LogP contribution in [0.4, 0.5) is 5.82 Å². The zero-order valence-electron chi connectivity index (χ0n) is 11.5. The zero-order chi connectivity index (χ0) is 13.1. The van der Waals surface area contributed by atoms with E-state index in [1.54, 1.807) is 0 Å². The molecule has 1 aliphatic heterocycles. The van der Waals surface area contributed by atoms with Gasteiger partial charge in [-0.3, -0.25) is 0 Å². The van der Waals surface area contributed by atoms with Crippen LogP contribution in [0.5, 0.6) is 0 Å². The first-order valence-corrected chi connectivity index (χ1v) is 6.66. The van der Waals surface area contributed by atoms with Crippen LogP contribution < -0.4 is 10.6 Å². The van der Waals surface area contributed by atoms with Crippen LogP contribution in [0.15, 0.2) is 12.3 Å². The first-order chi connectivity index (χ1) is 8.60. The number of nitrogens with two attached hydrogens (primary N) is 1. The summed E-state index contributed by atoms with van der Waals surface area (Å²) in [7, 11) is 0. The number of ether oxygens (including phenoxy) is 1. The van der Waals surface area contributed by atoms with Crippen molar-refractivity contribution in [2.75, 3.05) is 24.5 Å². The normalized spacial score (nSPS) is 24.3. The number of hydrogen-bond acceptors (Lipinski definition) is 4. The van der Waals surface area contributed by atoms with Gasteiger partial charge in [0.05, 0.1) is 12.2 Å². The quantitative estimate of drug-likeness (QED) is 0.882. The van der Waals surface area contributed by atoms with Crippen molar-refractivity contribution in [3.8, 4) is 0 Å². The summed E-state index contributed by atoms with van der Waals surface area (Å²) in [6.07, 6.45) is 3.36. The lowest BCUT2D eigenvalue weighted by atomic mass is 10.1. The number of rotatable bonds is 3. The molecule has 1 saturated heterocycles. The Kier molecular flexibility index (Phi) is 4.19. The van der Waals surface area contributed by atoms with Gasteiger partial charge >= 0.3 is 0 Å². The molecule has 0 aromatic carbocycles. The molecule has 0 bridgehead atoms. The van der Waals surface area contributed by atoms with E-state index in [0.29, 0.717) is 6.54 Å². The summed E-state index contributed by atoms with van der Waals surface area (Å²) in [6, 6.07) is 2.19. The van der Waals surface area contributed by atoms with E-state index in [-0.39, 0.29) is 12.2 Å². The highest BCUT2D eigenvalue weighted by atomic mass is 16.5. The fraction of sp³-hybridized carbons (Fsp3) is 0.643. The predicted octanol–water partition coefficient (Wildman–Crippen LogP) is 1.50. The molecule has 2 heterocycles. The first kappa shape index (κ1) is 13.3. The number of morpholine rings is 1. The summed E-state index contributed by atoms with van der Waals surface area (Å²) in [4.78, 5) is 6.92. The van der Waals surface area contributed by atoms with Crippen molar-refractivity contribution in [1.29, 1.82) is 0 Å². The van der Waals surface area contributed by atoms with Crippen molar-refractivity contribution >= 4 is 5.82 Å². The molecule has 0 amide bonds. The lowest BCUT2D eigenvalue weighted by molar-refractivity contribution is -0.00549. The first-order valence-electron chi connectivity index (χ1n) is 6.66. The van der Waals surface area contributed by atoms with Crippen LogP contribution in [0.2, 0.25) is 0 Å². The molecule has 4 heteroatoms. The van der Waals surface area contributed by atoms with Gasteiger partial charge in [-0.1, -0.05) is 6.07 Å². The fourth-order valence-electron chi connectivity index (χ4n) is 2.61. The molecule has 1 aliphatic rings. The molecule has 2 atom stereocenters. The second kappa shape index (κ2) is 5.67. The van der Waals surface area contributed by atoms with Crippen molar-refractivity contribution in [1.82, 2.24) is 4.98 Å². The molecular weight excluding hydrogens is 226 g/mol. The highest BCUT2D eigenvalue weighted by Gasteiger charge is 2.24. The number of aryl methyl sites for hydroxylation is 1. The van der Waals surface area contributed by atoms with Gasteiger partial charge in [-0.2, -0.15) is 0 Å². The summed E-state index contributed by atoms with van der Waals surface area (Å²) in [5, 5.41) is 0. The monoisotopic (exact) mass is 249 g/mol. The van der Waals surface area contributed by atoms with E-state index >= 15 is 0 Å². The molecule has 0 spiro atoms. The van der Waals surface area contributed by atoms with Crippen LogP contribution in [-0.4, -0.2) is 36.8 Å². The number of hydrogen-bond donors (Lipinski definition) is 1. The molecule has 4 nitrogen and oxygen atoms in total. The molecule has 2 N–H and O–H groups in total.